The van der Waals surface area contributed by atoms with E-state index >= 15 is 0 Å². The number of nitrogens with zero attached hydrogens (tertiary/aromatic N) is 1. The van der Waals surface area contributed by atoms with Crippen LogP contribution < -0.4 is 11.2 Å². The molecule has 0 spiro atoms. The predicted octanol–water partition coefficient (Wildman–Crippen LogP) is -1.67. The zero-order valence-corrected chi connectivity index (χ0v) is 11.4. The number of aliphatic hydroxyl groups is 3. The summed E-state index contributed by atoms with van der Waals surface area (Å²) in [5.41, 5.74) is -1.66. The first-order valence-electron chi connectivity index (χ1n) is 6.14. The molecule has 1 rings (SSSR count). The minimum atomic E-state index is -4.84. The number of alkyl halides is 3. The average molecular weight is 338 g/mol. The first-order chi connectivity index (χ1) is 10.7. The van der Waals surface area contributed by atoms with Crippen LogP contribution in [-0.2, 0) is 4.74 Å². The number of halogens is 3. The van der Waals surface area contributed by atoms with E-state index in [9.17, 15) is 33.0 Å². The summed E-state index contributed by atoms with van der Waals surface area (Å²) in [4.78, 5) is 24.4. The van der Waals surface area contributed by atoms with Crippen molar-refractivity contribution in [2.75, 3.05) is 13.2 Å². The van der Waals surface area contributed by atoms with Gasteiger partial charge in [-0.25, -0.2) is 4.79 Å². The number of hydrogen-bond donors (Lipinski definition) is 4. The Balaban J connectivity index is 2.96. The molecule has 0 aliphatic rings. The molecule has 1 aromatic heterocycles. The number of hydrogen-bond acceptors (Lipinski definition) is 6. The van der Waals surface area contributed by atoms with Gasteiger partial charge in [-0.2, -0.15) is 13.2 Å². The molecule has 0 aliphatic carbocycles. The maximum Gasteiger partial charge on any atom is 0.457 e. The Labute approximate surface area is 126 Å². The van der Waals surface area contributed by atoms with Gasteiger partial charge < -0.3 is 20.1 Å². The number of aromatic amines is 1. The molecule has 0 aromatic carbocycles. The van der Waals surface area contributed by atoms with Crippen molar-refractivity contribution in [3.05, 3.63) is 33.1 Å². The van der Waals surface area contributed by atoms with Crippen LogP contribution in [0.5, 0.6) is 0 Å². The first kappa shape index (κ1) is 18.9. The Hall–Kier alpha value is -2.13. The van der Waals surface area contributed by atoms with Crippen LogP contribution in [0.3, 0.4) is 0 Å². The molecule has 0 amide bonds. The molecule has 0 aliphatic heterocycles. The third-order valence-electron chi connectivity index (χ3n) is 2.54. The van der Waals surface area contributed by atoms with E-state index in [4.69, 9.17) is 9.84 Å². The minimum Gasteiger partial charge on any atom is -0.394 e. The highest BCUT2D eigenvalue weighted by Gasteiger charge is 2.27. The summed E-state index contributed by atoms with van der Waals surface area (Å²) >= 11 is 0. The zero-order chi connectivity index (χ0) is 17.6. The molecule has 0 saturated carbocycles. The second-order valence-electron chi connectivity index (χ2n) is 4.22. The molecule has 0 fully saturated rings. The molecule has 128 valence electrons. The van der Waals surface area contributed by atoms with Gasteiger partial charge in [0.05, 0.1) is 13.2 Å². The van der Waals surface area contributed by atoms with Gasteiger partial charge in [-0.05, 0) is 0 Å². The second-order valence-corrected chi connectivity index (χ2v) is 4.22. The summed E-state index contributed by atoms with van der Waals surface area (Å²) in [5.74, 6) is 2.26. The Bertz CT molecular complexity index is 687. The molecular formula is C12H13F3N2O6. The van der Waals surface area contributed by atoms with Crippen LogP contribution in [-0.4, -0.2) is 56.5 Å². The minimum absolute atomic E-state index is 0.710. The van der Waals surface area contributed by atoms with Crippen LogP contribution in [0.15, 0.2) is 21.9 Å². The largest absolute Gasteiger partial charge is 0.457 e. The van der Waals surface area contributed by atoms with Crippen LogP contribution in [0.4, 0.5) is 13.2 Å². The topological polar surface area (TPSA) is 125 Å². The maximum atomic E-state index is 12.0. The number of rotatable bonds is 6. The van der Waals surface area contributed by atoms with Crippen molar-refractivity contribution in [3.63, 3.8) is 0 Å². The van der Waals surface area contributed by atoms with Gasteiger partial charge in [0.25, 0.3) is 5.56 Å². The number of nitrogens with one attached hydrogen (secondary N) is 1. The number of aromatic nitrogens is 2. The van der Waals surface area contributed by atoms with E-state index in [2.05, 4.69) is 0 Å². The van der Waals surface area contributed by atoms with Crippen LogP contribution in [0.1, 0.15) is 6.23 Å². The van der Waals surface area contributed by atoms with Crippen molar-refractivity contribution in [3.8, 4) is 11.8 Å². The van der Waals surface area contributed by atoms with E-state index in [-0.39, 0.29) is 0 Å². The Morgan fingerprint density at radius 1 is 1.30 bits per heavy atom. The number of ether oxygens (including phenoxy) is 1. The highest BCUT2D eigenvalue weighted by atomic mass is 19.4. The fourth-order valence-corrected chi connectivity index (χ4v) is 1.52. The van der Waals surface area contributed by atoms with E-state index in [0.29, 0.717) is 0 Å². The van der Waals surface area contributed by atoms with Crippen molar-refractivity contribution in [1.29, 1.82) is 0 Å². The smallest absolute Gasteiger partial charge is 0.394 e. The van der Waals surface area contributed by atoms with Crippen LogP contribution in [0, 0.1) is 11.8 Å². The van der Waals surface area contributed by atoms with Crippen LogP contribution in [0.2, 0.25) is 0 Å². The van der Waals surface area contributed by atoms with Crippen molar-refractivity contribution in [1.82, 2.24) is 9.55 Å². The summed E-state index contributed by atoms with van der Waals surface area (Å²) in [6, 6.07) is 0.946. The standard InChI is InChI=1S/C12H13F3N2O6/c13-12(14,15)3-1-7(20)8(5-18)23-10(6-19)17-4-2-9(21)16-11(17)22/h2,4,7-8,10,18-20H,5-6H2,(H,16,21,22)/t7-,8+,10+/m0/s1. The Morgan fingerprint density at radius 2 is 1.96 bits per heavy atom. The lowest BCUT2D eigenvalue weighted by atomic mass is 10.2. The van der Waals surface area contributed by atoms with Gasteiger partial charge in [0.1, 0.15) is 12.2 Å². The molecule has 8 nitrogen and oxygen atoms in total. The lowest BCUT2D eigenvalue weighted by Gasteiger charge is -2.24. The van der Waals surface area contributed by atoms with Gasteiger partial charge in [0, 0.05) is 18.2 Å². The van der Waals surface area contributed by atoms with E-state index < -0.39 is 49.1 Å². The highest BCUT2D eigenvalue weighted by Crippen LogP contribution is 2.14. The van der Waals surface area contributed by atoms with Crippen LogP contribution in [0.25, 0.3) is 0 Å². The molecule has 0 saturated heterocycles. The summed E-state index contributed by atoms with van der Waals surface area (Å²) in [6.07, 6.45) is -8.97. The normalized spacial score (nSPS) is 15.4. The summed E-state index contributed by atoms with van der Waals surface area (Å²) < 4.78 is 41.6. The Kier molecular flexibility index (Phi) is 6.52. The second kappa shape index (κ2) is 7.93. The molecule has 3 atom stereocenters. The van der Waals surface area contributed by atoms with Crippen molar-refractivity contribution < 1.29 is 33.2 Å². The molecule has 1 heterocycles. The quantitative estimate of drug-likeness (QED) is 0.460. The van der Waals surface area contributed by atoms with Gasteiger partial charge in [-0.1, -0.05) is 5.92 Å². The number of aliphatic hydroxyl groups excluding tert-OH is 3. The predicted molar refractivity (Wildman–Crippen MR) is 69.2 cm³/mol. The van der Waals surface area contributed by atoms with Gasteiger partial charge in [0.15, 0.2) is 6.23 Å². The lowest BCUT2D eigenvalue weighted by molar-refractivity contribution is -0.127. The van der Waals surface area contributed by atoms with E-state index in [1.165, 1.54) is 5.92 Å². The van der Waals surface area contributed by atoms with Crippen molar-refractivity contribution in [2.24, 2.45) is 0 Å². The molecule has 23 heavy (non-hydrogen) atoms. The number of H-pyrrole nitrogens is 1. The van der Waals surface area contributed by atoms with Crippen molar-refractivity contribution >= 4 is 0 Å². The monoisotopic (exact) mass is 338 g/mol. The van der Waals surface area contributed by atoms with Gasteiger partial charge in [-0.15, -0.1) is 0 Å². The molecule has 4 N–H and O–H groups in total. The van der Waals surface area contributed by atoms with Gasteiger partial charge in [-0.3, -0.25) is 14.3 Å². The SMILES string of the molecule is O=c1ccn([C@@H](CO)O[C@H](CO)[C@@H](O)C#CC(F)(F)F)c(=O)[nH]1. The van der Waals surface area contributed by atoms with E-state index in [0.717, 1.165) is 22.8 Å². The molecule has 11 heteroatoms. The molecule has 1 aromatic rings. The maximum absolute atomic E-state index is 12.0. The summed E-state index contributed by atoms with van der Waals surface area (Å²) in [5, 5.41) is 27.8. The third kappa shape index (κ3) is 5.87. The fourth-order valence-electron chi connectivity index (χ4n) is 1.52. The van der Waals surface area contributed by atoms with E-state index in [1.807, 2.05) is 4.98 Å². The molecule has 0 radical (unpaired) electrons. The third-order valence-corrected chi connectivity index (χ3v) is 2.54. The average Bonchev–Trinajstić information content (AvgIpc) is 2.46. The first-order valence-corrected chi connectivity index (χ1v) is 6.14. The lowest BCUT2D eigenvalue weighted by Crippen LogP contribution is -2.39. The highest BCUT2D eigenvalue weighted by molar-refractivity contribution is 5.11. The van der Waals surface area contributed by atoms with Crippen LogP contribution >= 0.6 is 0 Å². The van der Waals surface area contributed by atoms with Gasteiger partial charge >= 0.3 is 11.9 Å². The Morgan fingerprint density at radius 3 is 2.43 bits per heavy atom. The summed E-state index contributed by atoms with van der Waals surface area (Å²) in [7, 11) is 0. The van der Waals surface area contributed by atoms with Gasteiger partial charge in [0.2, 0.25) is 0 Å². The van der Waals surface area contributed by atoms with Crippen molar-refractivity contribution in [2.45, 2.75) is 24.6 Å². The molecule has 0 unspecified atom stereocenters. The van der Waals surface area contributed by atoms with E-state index in [1.54, 1.807) is 0 Å². The fraction of sp³-hybridized carbons (Fsp3) is 0.500. The zero-order valence-electron chi connectivity index (χ0n) is 11.4. The molecular weight excluding hydrogens is 325 g/mol. The molecule has 0 bridgehead atoms. The summed E-state index contributed by atoms with van der Waals surface area (Å²) in [6.45, 7) is -1.75.